The maximum Gasteiger partial charge on any atom is 0.260 e. The normalized spacial score (nSPS) is 14.5. The number of furan rings is 1. The summed E-state index contributed by atoms with van der Waals surface area (Å²) in [6.45, 7) is 3.66. The Kier molecular flexibility index (Phi) is 4.68. The summed E-state index contributed by atoms with van der Waals surface area (Å²) in [6, 6.07) is 8.71. The Hall–Kier alpha value is -3.06. The molecule has 1 amide bonds. The number of aryl methyl sites for hydroxylation is 1. The van der Waals surface area contributed by atoms with E-state index in [0.29, 0.717) is 43.0 Å². The lowest BCUT2D eigenvalue weighted by Gasteiger charge is -2.26. The summed E-state index contributed by atoms with van der Waals surface area (Å²) < 4.78 is 22.2. The number of hydrogen-bond acceptors (Lipinski definition) is 6. The lowest BCUT2D eigenvalue weighted by molar-refractivity contribution is -0.137. The number of carbonyl (C=O) groups is 1. The fourth-order valence-corrected chi connectivity index (χ4v) is 3.03. The quantitative estimate of drug-likeness (QED) is 0.703. The van der Waals surface area contributed by atoms with Crippen molar-refractivity contribution in [3.63, 3.8) is 0 Å². The molecular weight excluding hydrogens is 350 g/mol. The lowest BCUT2D eigenvalue weighted by atomic mass is 10.1. The Labute approximate surface area is 155 Å². The van der Waals surface area contributed by atoms with Crippen molar-refractivity contribution in [2.75, 3.05) is 32.9 Å². The van der Waals surface area contributed by atoms with Gasteiger partial charge in [-0.2, -0.15) is 0 Å². The molecule has 0 aliphatic carbocycles. The van der Waals surface area contributed by atoms with Gasteiger partial charge in [-0.3, -0.25) is 9.59 Å². The Bertz CT molecular complexity index is 1010. The van der Waals surface area contributed by atoms with Gasteiger partial charge in [0.1, 0.15) is 5.58 Å². The van der Waals surface area contributed by atoms with E-state index >= 15 is 0 Å². The lowest BCUT2D eigenvalue weighted by Crippen LogP contribution is -2.43. The van der Waals surface area contributed by atoms with E-state index in [0.717, 1.165) is 5.56 Å². The summed E-state index contributed by atoms with van der Waals surface area (Å²) in [5.41, 5.74) is 1.03. The second-order valence-electron chi connectivity index (χ2n) is 6.35. The molecule has 0 N–H and O–H groups in total. The Balaban J connectivity index is 1.71. The van der Waals surface area contributed by atoms with Gasteiger partial charge in [-0.05, 0) is 31.2 Å². The first kappa shape index (κ1) is 17.4. The highest BCUT2D eigenvalue weighted by molar-refractivity contribution is 5.82. The van der Waals surface area contributed by atoms with E-state index in [1.54, 1.807) is 29.2 Å². The molecule has 4 rings (SSSR count). The molecule has 1 fully saturated rings. The van der Waals surface area contributed by atoms with Crippen molar-refractivity contribution in [2.45, 2.75) is 6.92 Å². The number of benzene rings is 1. The van der Waals surface area contributed by atoms with Crippen molar-refractivity contribution < 1.29 is 23.1 Å². The molecule has 3 aromatic rings. The molecule has 1 aliphatic heterocycles. The maximum absolute atomic E-state index is 13.0. The molecule has 2 aromatic heterocycles. The van der Waals surface area contributed by atoms with Gasteiger partial charge in [0.2, 0.25) is 16.9 Å². The number of rotatable bonds is 4. The summed E-state index contributed by atoms with van der Waals surface area (Å²) in [5.74, 6) is 0.316. The molecule has 0 bridgehead atoms. The average molecular weight is 369 g/mol. The molecule has 27 heavy (non-hydrogen) atoms. The maximum atomic E-state index is 13.0. The molecule has 1 saturated heterocycles. The van der Waals surface area contributed by atoms with Crippen LogP contribution in [-0.4, -0.2) is 43.7 Å². The Morgan fingerprint density at radius 1 is 1.22 bits per heavy atom. The van der Waals surface area contributed by atoms with Crippen LogP contribution in [0.1, 0.15) is 5.56 Å². The summed E-state index contributed by atoms with van der Waals surface area (Å²) in [4.78, 5) is 27.1. The molecule has 7 nitrogen and oxygen atoms in total. The number of fused-ring (bicyclic) bond motifs is 1. The van der Waals surface area contributed by atoms with E-state index in [1.165, 1.54) is 6.26 Å². The zero-order valence-electron chi connectivity index (χ0n) is 14.9. The first-order chi connectivity index (χ1) is 13.1. The minimum Gasteiger partial charge on any atom is -0.476 e. The third-order valence-electron chi connectivity index (χ3n) is 4.45. The van der Waals surface area contributed by atoms with Gasteiger partial charge in [-0.25, -0.2) is 0 Å². The monoisotopic (exact) mass is 369 g/mol. The van der Waals surface area contributed by atoms with Crippen LogP contribution in [0, 0.1) is 6.92 Å². The molecule has 0 unspecified atom stereocenters. The molecule has 140 valence electrons. The largest absolute Gasteiger partial charge is 0.476 e. The zero-order valence-corrected chi connectivity index (χ0v) is 14.9. The summed E-state index contributed by atoms with van der Waals surface area (Å²) in [6.07, 6.45) is 1.48. The first-order valence-electron chi connectivity index (χ1n) is 8.73. The standard InChI is InChI=1S/C20H19NO6/c1-13-4-5-15-14(11-13)18(23)20(19(27-15)16-3-2-8-25-16)26-12-17(22)21-6-9-24-10-7-21/h2-5,8,11H,6-7,9-10,12H2,1H3. The smallest absolute Gasteiger partial charge is 0.260 e. The van der Waals surface area contributed by atoms with Gasteiger partial charge >= 0.3 is 0 Å². The Morgan fingerprint density at radius 2 is 2.04 bits per heavy atom. The SMILES string of the molecule is Cc1ccc2oc(-c3ccco3)c(OCC(=O)N3CCOCC3)c(=O)c2c1. The molecule has 3 heterocycles. The molecule has 7 heteroatoms. The van der Waals surface area contributed by atoms with Gasteiger partial charge in [0, 0.05) is 13.1 Å². The summed E-state index contributed by atoms with van der Waals surface area (Å²) in [7, 11) is 0. The van der Waals surface area contributed by atoms with Crippen LogP contribution in [0.4, 0.5) is 0 Å². The van der Waals surface area contributed by atoms with Crippen LogP contribution in [-0.2, 0) is 9.53 Å². The summed E-state index contributed by atoms with van der Waals surface area (Å²) >= 11 is 0. The van der Waals surface area contributed by atoms with Crippen molar-refractivity contribution in [1.82, 2.24) is 4.90 Å². The van der Waals surface area contributed by atoms with Crippen LogP contribution in [0.3, 0.4) is 0 Å². The zero-order chi connectivity index (χ0) is 18.8. The highest BCUT2D eigenvalue weighted by atomic mass is 16.5. The number of ether oxygens (including phenoxy) is 2. The van der Waals surface area contributed by atoms with E-state index in [2.05, 4.69) is 0 Å². The first-order valence-corrected chi connectivity index (χ1v) is 8.73. The number of amides is 1. The van der Waals surface area contributed by atoms with Gasteiger partial charge in [-0.1, -0.05) is 11.6 Å². The second kappa shape index (κ2) is 7.28. The van der Waals surface area contributed by atoms with Crippen molar-refractivity contribution >= 4 is 16.9 Å². The Morgan fingerprint density at radius 3 is 2.78 bits per heavy atom. The van der Waals surface area contributed by atoms with E-state index in [9.17, 15) is 9.59 Å². The van der Waals surface area contributed by atoms with E-state index in [1.807, 2.05) is 13.0 Å². The van der Waals surface area contributed by atoms with Gasteiger partial charge in [0.25, 0.3) is 5.91 Å². The predicted octanol–water partition coefficient (Wildman–Crippen LogP) is 2.60. The molecule has 0 spiro atoms. The summed E-state index contributed by atoms with van der Waals surface area (Å²) in [5, 5.41) is 0.402. The van der Waals surface area contributed by atoms with Crippen LogP contribution in [0.2, 0.25) is 0 Å². The molecule has 0 saturated carbocycles. The van der Waals surface area contributed by atoms with E-state index < -0.39 is 0 Å². The molecule has 0 atom stereocenters. The van der Waals surface area contributed by atoms with Crippen LogP contribution in [0.5, 0.6) is 5.75 Å². The third kappa shape index (κ3) is 3.46. The topological polar surface area (TPSA) is 82.1 Å². The number of hydrogen-bond donors (Lipinski definition) is 0. The predicted molar refractivity (Wildman–Crippen MR) is 97.8 cm³/mol. The van der Waals surface area contributed by atoms with Crippen LogP contribution < -0.4 is 10.2 Å². The highest BCUT2D eigenvalue weighted by Crippen LogP contribution is 2.31. The number of nitrogens with zero attached hydrogens (tertiary/aromatic N) is 1. The molecule has 1 aliphatic rings. The van der Waals surface area contributed by atoms with E-state index in [-0.39, 0.29) is 29.5 Å². The van der Waals surface area contributed by atoms with Crippen molar-refractivity contribution in [3.05, 3.63) is 52.4 Å². The van der Waals surface area contributed by atoms with Crippen molar-refractivity contribution in [3.8, 4) is 17.3 Å². The van der Waals surface area contributed by atoms with Crippen LogP contribution in [0.15, 0.2) is 50.2 Å². The fourth-order valence-electron chi connectivity index (χ4n) is 3.03. The minimum absolute atomic E-state index is 0.0235. The second-order valence-corrected chi connectivity index (χ2v) is 6.35. The van der Waals surface area contributed by atoms with Gasteiger partial charge in [-0.15, -0.1) is 0 Å². The van der Waals surface area contributed by atoms with Gasteiger partial charge < -0.3 is 23.2 Å². The third-order valence-corrected chi connectivity index (χ3v) is 4.45. The molecule has 1 aromatic carbocycles. The van der Waals surface area contributed by atoms with Crippen LogP contribution in [0.25, 0.3) is 22.5 Å². The number of morpholine rings is 1. The molecule has 0 radical (unpaired) electrons. The minimum atomic E-state index is -0.332. The molecular formula is C20H19NO6. The number of carbonyl (C=O) groups excluding carboxylic acids is 1. The highest BCUT2D eigenvalue weighted by Gasteiger charge is 2.23. The van der Waals surface area contributed by atoms with Crippen molar-refractivity contribution in [1.29, 1.82) is 0 Å². The van der Waals surface area contributed by atoms with Crippen molar-refractivity contribution in [2.24, 2.45) is 0 Å². The fraction of sp³-hybridized carbons (Fsp3) is 0.300. The van der Waals surface area contributed by atoms with E-state index in [4.69, 9.17) is 18.3 Å². The van der Waals surface area contributed by atoms with Gasteiger partial charge in [0.15, 0.2) is 12.4 Å². The van der Waals surface area contributed by atoms with Gasteiger partial charge in [0.05, 0.1) is 24.9 Å². The average Bonchev–Trinajstić information content (AvgIpc) is 3.22. The van der Waals surface area contributed by atoms with Crippen LogP contribution >= 0.6 is 0 Å².